The predicted octanol–water partition coefficient (Wildman–Crippen LogP) is 4.30. The lowest BCUT2D eigenvalue weighted by Gasteiger charge is -2.33. The van der Waals surface area contributed by atoms with E-state index in [0.717, 1.165) is 66.0 Å². The van der Waals surface area contributed by atoms with Gasteiger partial charge in [0, 0.05) is 61.1 Å². The first kappa shape index (κ1) is 21.6. The predicted molar refractivity (Wildman–Crippen MR) is 130 cm³/mol. The summed E-state index contributed by atoms with van der Waals surface area (Å²) in [6.07, 6.45) is 12.0. The highest BCUT2D eigenvalue weighted by Crippen LogP contribution is 2.30. The fraction of sp³-hybridized carbons (Fsp3) is 0.320. The molecule has 0 saturated carbocycles. The lowest BCUT2D eigenvalue weighted by Crippen LogP contribution is -2.35. The summed E-state index contributed by atoms with van der Waals surface area (Å²) in [4.78, 5) is 16.4. The van der Waals surface area contributed by atoms with Gasteiger partial charge in [-0.2, -0.15) is 0 Å². The number of hydrogen-bond donors (Lipinski definition) is 0. The van der Waals surface area contributed by atoms with Crippen LogP contribution in [0.1, 0.15) is 31.4 Å². The van der Waals surface area contributed by atoms with Gasteiger partial charge in [-0.25, -0.2) is 23.4 Å². The first-order valence-corrected chi connectivity index (χ1v) is 13.1. The normalized spacial score (nSPS) is 15.3. The first-order valence-electron chi connectivity index (χ1n) is 11.3. The van der Waals surface area contributed by atoms with Crippen molar-refractivity contribution in [3.8, 4) is 11.1 Å². The van der Waals surface area contributed by atoms with E-state index in [2.05, 4.69) is 44.7 Å². The second kappa shape index (κ2) is 8.59. The summed E-state index contributed by atoms with van der Waals surface area (Å²) in [5.41, 5.74) is 4.06. The van der Waals surface area contributed by atoms with Crippen LogP contribution in [0, 0.1) is 0 Å². The van der Waals surface area contributed by atoms with E-state index in [-0.39, 0.29) is 0 Å². The molecule has 1 aliphatic heterocycles. The molecule has 0 N–H and O–H groups in total. The molecule has 0 aliphatic carbocycles. The highest BCUT2D eigenvalue weighted by Gasteiger charge is 2.23. The fourth-order valence-electron chi connectivity index (χ4n) is 4.43. The Labute approximate surface area is 194 Å². The Kier molecular flexibility index (Phi) is 5.62. The van der Waals surface area contributed by atoms with Crippen molar-refractivity contribution >= 4 is 26.8 Å². The average molecular weight is 462 g/mol. The van der Waals surface area contributed by atoms with Crippen molar-refractivity contribution in [2.75, 3.05) is 24.2 Å². The van der Waals surface area contributed by atoms with Crippen molar-refractivity contribution in [2.24, 2.45) is 0 Å². The minimum atomic E-state index is -3.20. The molecule has 3 aromatic heterocycles. The van der Waals surface area contributed by atoms with E-state index in [1.807, 2.05) is 30.7 Å². The van der Waals surface area contributed by atoms with Crippen molar-refractivity contribution in [2.45, 2.75) is 37.1 Å². The van der Waals surface area contributed by atoms with E-state index in [1.165, 1.54) is 6.26 Å². The van der Waals surface area contributed by atoms with Gasteiger partial charge in [0.2, 0.25) is 5.95 Å². The SMILES string of the molecule is CCc1cnc(N2CCC(n3ccc4cc(-c5ccc(S(C)(=O)=O)cc5)cnc43)CC2)nc1. The molecule has 8 heteroatoms. The van der Waals surface area contributed by atoms with Gasteiger partial charge in [-0.1, -0.05) is 19.1 Å². The van der Waals surface area contributed by atoms with Crippen LogP contribution >= 0.6 is 0 Å². The number of benzene rings is 1. The molecule has 33 heavy (non-hydrogen) atoms. The number of piperidine rings is 1. The van der Waals surface area contributed by atoms with Gasteiger partial charge < -0.3 is 9.47 Å². The van der Waals surface area contributed by atoms with E-state index in [9.17, 15) is 8.42 Å². The molecule has 1 aromatic carbocycles. The summed E-state index contributed by atoms with van der Waals surface area (Å²) >= 11 is 0. The summed E-state index contributed by atoms with van der Waals surface area (Å²) in [5.74, 6) is 0.813. The highest BCUT2D eigenvalue weighted by atomic mass is 32.2. The van der Waals surface area contributed by atoms with Gasteiger partial charge in [-0.3, -0.25) is 0 Å². The van der Waals surface area contributed by atoms with Crippen LogP contribution in [0.25, 0.3) is 22.2 Å². The van der Waals surface area contributed by atoms with Gasteiger partial charge in [0.15, 0.2) is 9.84 Å². The van der Waals surface area contributed by atoms with Crippen molar-refractivity contribution in [3.05, 3.63) is 66.7 Å². The second-order valence-corrected chi connectivity index (χ2v) is 10.6. The van der Waals surface area contributed by atoms with E-state index in [1.54, 1.807) is 12.1 Å². The number of nitrogens with zero attached hydrogens (tertiary/aromatic N) is 5. The Bertz CT molecular complexity index is 1370. The average Bonchev–Trinajstić information content (AvgIpc) is 3.27. The summed E-state index contributed by atoms with van der Waals surface area (Å²) in [6.45, 7) is 3.94. The maximum absolute atomic E-state index is 11.7. The number of sulfone groups is 1. The minimum absolute atomic E-state index is 0.324. The lowest BCUT2D eigenvalue weighted by molar-refractivity contribution is 0.401. The molecule has 170 valence electrons. The molecule has 4 heterocycles. The van der Waals surface area contributed by atoms with Crippen molar-refractivity contribution in [3.63, 3.8) is 0 Å². The van der Waals surface area contributed by atoms with Gasteiger partial charge >= 0.3 is 0 Å². The zero-order chi connectivity index (χ0) is 23.0. The highest BCUT2D eigenvalue weighted by molar-refractivity contribution is 7.90. The Morgan fingerprint density at radius 1 is 0.939 bits per heavy atom. The second-order valence-electron chi connectivity index (χ2n) is 8.62. The minimum Gasteiger partial charge on any atom is -0.341 e. The number of aryl methyl sites for hydroxylation is 1. The van der Waals surface area contributed by atoms with Crippen molar-refractivity contribution in [1.29, 1.82) is 0 Å². The lowest BCUT2D eigenvalue weighted by atomic mass is 10.0. The molecular formula is C25H27N5O2S. The van der Waals surface area contributed by atoms with Crippen LogP contribution in [0.15, 0.2) is 66.1 Å². The third-order valence-electron chi connectivity index (χ3n) is 6.41. The van der Waals surface area contributed by atoms with Crippen LogP contribution in [-0.4, -0.2) is 47.3 Å². The van der Waals surface area contributed by atoms with E-state index >= 15 is 0 Å². The molecule has 7 nitrogen and oxygen atoms in total. The molecule has 0 spiro atoms. The maximum atomic E-state index is 11.7. The van der Waals surface area contributed by atoms with E-state index < -0.39 is 9.84 Å². The topological polar surface area (TPSA) is 81.0 Å². The first-order chi connectivity index (χ1) is 15.9. The van der Waals surface area contributed by atoms with Gasteiger partial charge in [-0.15, -0.1) is 0 Å². The van der Waals surface area contributed by atoms with Crippen molar-refractivity contribution < 1.29 is 8.42 Å². The molecule has 4 aromatic rings. The van der Waals surface area contributed by atoms with Crippen LogP contribution in [0.5, 0.6) is 0 Å². The molecule has 0 radical (unpaired) electrons. The zero-order valence-electron chi connectivity index (χ0n) is 18.8. The summed E-state index contributed by atoms with van der Waals surface area (Å²) in [5, 5.41) is 1.08. The van der Waals surface area contributed by atoms with Crippen LogP contribution in [0.2, 0.25) is 0 Å². The Balaban J connectivity index is 1.32. The van der Waals surface area contributed by atoms with Crippen LogP contribution in [0.4, 0.5) is 5.95 Å². The van der Waals surface area contributed by atoms with Gasteiger partial charge in [0.05, 0.1) is 4.90 Å². The number of pyridine rings is 1. The standard InChI is InChI=1S/C25H27N5O2S/c1-3-18-15-27-25(28-16-18)29-11-9-22(10-12-29)30-13-8-20-14-21(17-26-24(20)30)19-4-6-23(7-5-19)33(2,31)32/h4-8,13-17,22H,3,9-12H2,1-2H3. The molecule has 0 bridgehead atoms. The van der Waals surface area contributed by atoms with Gasteiger partial charge in [0.25, 0.3) is 0 Å². The third kappa shape index (κ3) is 4.35. The Hall–Kier alpha value is -3.26. The van der Waals surface area contributed by atoms with Crippen molar-refractivity contribution in [1.82, 2.24) is 19.5 Å². The number of aromatic nitrogens is 4. The monoisotopic (exact) mass is 461 g/mol. The molecular weight excluding hydrogens is 434 g/mol. The molecule has 1 aliphatic rings. The Morgan fingerprint density at radius 2 is 1.64 bits per heavy atom. The summed E-state index contributed by atoms with van der Waals surface area (Å²) < 4.78 is 25.7. The molecule has 0 amide bonds. The maximum Gasteiger partial charge on any atom is 0.225 e. The molecule has 1 fully saturated rings. The Morgan fingerprint density at radius 3 is 2.27 bits per heavy atom. The summed E-state index contributed by atoms with van der Waals surface area (Å²) in [6, 6.07) is 11.6. The largest absolute Gasteiger partial charge is 0.341 e. The third-order valence-corrected chi connectivity index (χ3v) is 7.54. The van der Waals surface area contributed by atoms with E-state index in [4.69, 9.17) is 4.98 Å². The van der Waals surface area contributed by atoms with E-state index in [0.29, 0.717) is 10.9 Å². The summed E-state index contributed by atoms with van der Waals surface area (Å²) in [7, 11) is -3.20. The molecule has 5 rings (SSSR count). The number of anilines is 1. The quantitative estimate of drug-likeness (QED) is 0.441. The van der Waals surface area contributed by atoms with Gasteiger partial charge in [0.1, 0.15) is 5.65 Å². The zero-order valence-corrected chi connectivity index (χ0v) is 19.7. The number of rotatable bonds is 5. The molecule has 0 unspecified atom stereocenters. The fourth-order valence-corrected chi connectivity index (χ4v) is 5.06. The van der Waals surface area contributed by atoms with Crippen LogP contribution in [-0.2, 0) is 16.3 Å². The van der Waals surface area contributed by atoms with Gasteiger partial charge in [-0.05, 0) is 54.7 Å². The smallest absolute Gasteiger partial charge is 0.225 e. The van der Waals surface area contributed by atoms with Crippen LogP contribution < -0.4 is 4.90 Å². The number of hydrogen-bond acceptors (Lipinski definition) is 6. The molecule has 1 saturated heterocycles. The van der Waals surface area contributed by atoms with Crippen LogP contribution in [0.3, 0.4) is 0 Å². The number of fused-ring (bicyclic) bond motifs is 1. The molecule has 0 atom stereocenters.